The average molecular weight is 639 g/mol. The number of fused-ring (bicyclic) bond motifs is 1. The molecule has 0 aliphatic carbocycles. The first kappa shape index (κ1) is 30.4. The van der Waals surface area contributed by atoms with Gasteiger partial charge in [-0.2, -0.15) is 0 Å². The SMILES string of the molecule is CC(OC(=O)c1ccccc1)C1=C(C(=O)OC(c2ccccc2)c2ccccc2)N2C(=O)[C@@H](NC(=O)Cc3cccs3)[C@H]2SC1. The third kappa shape index (κ3) is 6.57. The van der Waals surface area contributed by atoms with Crippen LogP contribution in [0.4, 0.5) is 0 Å². The second-order valence-electron chi connectivity index (χ2n) is 10.6. The molecule has 228 valence electrons. The topological polar surface area (TPSA) is 102 Å². The molecule has 0 spiro atoms. The van der Waals surface area contributed by atoms with Crippen LogP contribution in [0.3, 0.4) is 0 Å². The monoisotopic (exact) mass is 638 g/mol. The maximum atomic E-state index is 14.2. The van der Waals surface area contributed by atoms with E-state index in [4.69, 9.17) is 9.47 Å². The molecule has 1 saturated heterocycles. The minimum Gasteiger partial charge on any atom is -0.454 e. The van der Waals surface area contributed by atoms with Crippen LogP contribution in [-0.2, 0) is 30.3 Å². The lowest BCUT2D eigenvalue weighted by molar-refractivity contribution is -0.154. The normalized spacial score (nSPS) is 18.1. The van der Waals surface area contributed by atoms with Gasteiger partial charge in [0.15, 0.2) is 6.10 Å². The van der Waals surface area contributed by atoms with Gasteiger partial charge < -0.3 is 14.8 Å². The molecule has 3 atom stereocenters. The second-order valence-corrected chi connectivity index (χ2v) is 12.7. The fourth-order valence-electron chi connectivity index (χ4n) is 5.36. The zero-order valence-corrected chi connectivity index (χ0v) is 26.0. The second kappa shape index (κ2) is 13.5. The van der Waals surface area contributed by atoms with Crippen LogP contribution in [-0.4, -0.2) is 51.9 Å². The van der Waals surface area contributed by atoms with E-state index in [2.05, 4.69) is 5.32 Å². The van der Waals surface area contributed by atoms with Crippen molar-refractivity contribution in [2.45, 2.75) is 37.0 Å². The Hall–Kier alpha value is -4.67. The van der Waals surface area contributed by atoms with Gasteiger partial charge in [0.1, 0.15) is 23.2 Å². The minimum absolute atomic E-state index is 0.0396. The van der Waals surface area contributed by atoms with Crippen molar-refractivity contribution in [3.63, 3.8) is 0 Å². The molecule has 4 aromatic rings. The number of thiophene rings is 1. The summed E-state index contributed by atoms with van der Waals surface area (Å²) in [5, 5.41) is 4.23. The van der Waals surface area contributed by atoms with Crippen LogP contribution < -0.4 is 5.32 Å². The van der Waals surface area contributed by atoms with E-state index in [1.165, 1.54) is 28.0 Å². The largest absolute Gasteiger partial charge is 0.454 e. The third-order valence-corrected chi connectivity index (χ3v) is 9.81. The van der Waals surface area contributed by atoms with Gasteiger partial charge >= 0.3 is 11.9 Å². The van der Waals surface area contributed by atoms with Crippen molar-refractivity contribution in [1.82, 2.24) is 10.2 Å². The number of thioether (sulfide) groups is 1. The number of ether oxygens (including phenoxy) is 2. The molecule has 2 aliphatic heterocycles. The van der Waals surface area contributed by atoms with Gasteiger partial charge in [-0.05, 0) is 41.6 Å². The zero-order chi connectivity index (χ0) is 31.3. The third-order valence-electron chi connectivity index (χ3n) is 7.64. The summed E-state index contributed by atoms with van der Waals surface area (Å²) in [6.45, 7) is 1.68. The number of amides is 2. The van der Waals surface area contributed by atoms with Crippen molar-refractivity contribution in [1.29, 1.82) is 0 Å². The molecule has 10 heteroatoms. The van der Waals surface area contributed by atoms with Crippen LogP contribution in [0.2, 0.25) is 0 Å². The molecule has 2 amide bonds. The first-order valence-corrected chi connectivity index (χ1v) is 16.4. The lowest BCUT2D eigenvalue weighted by Gasteiger charge is -2.50. The zero-order valence-electron chi connectivity index (χ0n) is 24.3. The van der Waals surface area contributed by atoms with E-state index in [1.807, 2.05) is 78.2 Å². The first-order valence-electron chi connectivity index (χ1n) is 14.5. The predicted molar refractivity (Wildman–Crippen MR) is 172 cm³/mol. The van der Waals surface area contributed by atoms with Gasteiger partial charge in [0, 0.05) is 16.2 Å². The number of hydrogen-bond donors (Lipinski definition) is 1. The van der Waals surface area contributed by atoms with Crippen molar-refractivity contribution in [3.05, 3.63) is 141 Å². The number of nitrogens with one attached hydrogen (secondary N) is 1. The average Bonchev–Trinajstić information content (AvgIpc) is 3.59. The first-order chi connectivity index (χ1) is 21.9. The summed E-state index contributed by atoms with van der Waals surface area (Å²) in [4.78, 5) is 55.8. The van der Waals surface area contributed by atoms with Crippen LogP contribution in [0.5, 0.6) is 0 Å². The van der Waals surface area contributed by atoms with Crippen LogP contribution in [0, 0.1) is 0 Å². The fraction of sp³-hybridized carbons (Fsp3) is 0.200. The summed E-state index contributed by atoms with van der Waals surface area (Å²) >= 11 is 2.87. The number of β-lactam (4-membered cyclic amide) rings is 1. The van der Waals surface area contributed by atoms with Crippen molar-refractivity contribution in [2.75, 3.05) is 5.75 Å². The summed E-state index contributed by atoms with van der Waals surface area (Å²) in [6, 6.07) is 30.2. The van der Waals surface area contributed by atoms with Crippen molar-refractivity contribution in [2.24, 2.45) is 0 Å². The van der Waals surface area contributed by atoms with E-state index in [1.54, 1.807) is 37.3 Å². The number of hydrogen-bond acceptors (Lipinski definition) is 8. The lowest BCUT2D eigenvalue weighted by atomic mass is 9.99. The molecule has 0 radical (unpaired) electrons. The molecule has 0 bridgehead atoms. The maximum Gasteiger partial charge on any atom is 0.356 e. The molecular formula is C35H30N2O6S2. The number of benzene rings is 3. The molecule has 8 nitrogen and oxygen atoms in total. The highest BCUT2D eigenvalue weighted by Crippen LogP contribution is 2.43. The molecule has 1 aromatic heterocycles. The van der Waals surface area contributed by atoms with E-state index in [0.29, 0.717) is 16.9 Å². The van der Waals surface area contributed by atoms with Crippen molar-refractivity contribution < 1.29 is 28.7 Å². The number of rotatable bonds is 10. The predicted octanol–water partition coefficient (Wildman–Crippen LogP) is 5.52. The van der Waals surface area contributed by atoms with E-state index in [-0.39, 0.29) is 18.0 Å². The van der Waals surface area contributed by atoms with Crippen molar-refractivity contribution in [3.8, 4) is 0 Å². The Labute approximate surface area is 269 Å². The Bertz CT molecular complexity index is 1670. The highest BCUT2D eigenvalue weighted by atomic mass is 32.2. The van der Waals surface area contributed by atoms with E-state index in [0.717, 1.165) is 16.0 Å². The van der Waals surface area contributed by atoms with Gasteiger partial charge in [0.25, 0.3) is 5.91 Å². The molecule has 3 aromatic carbocycles. The van der Waals surface area contributed by atoms with Crippen LogP contribution >= 0.6 is 23.1 Å². The Morgan fingerprint density at radius 2 is 1.47 bits per heavy atom. The van der Waals surface area contributed by atoms with Gasteiger partial charge in [-0.15, -0.1) is 23.1 Å². The number of carbonyl (C=O) groups excluding carboxylic acids is 4. The van der Waals surface area contributed by atoms with E-state index < -0.39 is 41.5 Å². The van der Waals surface area contributed by atoms with E-state index in [9.17, 15) is 19.2 Å². The molecule has 3 heterocycles. The number of nitrogens with zero attached hydrogens (tertiary/aromatic N) is 1. The standard InChI is InChI=1S/C35H30N2O6S2/c1-22(42-34(40)25-16-9-4-10-17-25)27-21-45-33-29(36-28(38)20-26-18-11-19-44-26)32(39)37(33)30(27)35(41)43-31(23-12-5-2-6-13-23)24-14-7-3-8-15-24/h2-19,22,29,31,33H,20-21H2,1H3,(H,36,38)/t22?,29-,33-/m1/s1. The summed E-state index contributed by atoms with van der Waals surface area (Å²) in [5.41, 5.74) is 2.40. The van der Waals surface area contributed by atoms with Gasteiger partial charge in [-0.1, -0.05) is 84.9 Å². The smallest absolute Gasteiger partial charge is 0.356 e. The maximum absolute atomic E-state index is 14.2. The Morgan fingerprint density at radius 3 is 2.07 bits per heavy atom. The molecular weight excluding hydrogens is 609 g/mol. The molecule has 1 N–H and O–H groups in total. The fourth-order valence-corrected chi connectivity index (χ4v) is 7.52. The lowest BCUT2D eigenvalue weighted by Crippen LogP contribution is -2.71. The summed E-state index contributed by atoms with van der Waals surface area (Å²) in [7, 11) is 0. The van der Waals surface area contributed by atoms with Gasteiger partial charge in [0.2, 0.25) is 5.91 Å². The number of carbonyl (C=O) groups is 4. The van der Waals surface area contributed by atoms with Gasteiger partial charge in [0.05, 0.1) is 12.0 Å². The summed E-state index contributed by atoms with van der Waals surface area (Å²) in [5.74, 6) is -1.66. The van der Waals surface area contributed by atoms with Crippen LogP contribution in [0.25, 0.3) is 0 Å². The quantitative estimate of drug-likeness (QED) is 0.180. The number of esters is 2. The van der Waals surface area contributed by atoms with Gasteiger partial charge in [-0.3, -0.25) is 14.5 Å². The Balaban J connectivity index is 1.30. The molecule has 1 fully saturated rings. The molecule has 2 aliphatic rings. The Morgan fingerprint density at radius 1 is 0.844 bits per heavy atom. The molecule has 0 saturated carbocycles. The summed E-state index contributed by atoms with van der Waals surface area (Å²) < 4.78 is 12.0. The minimum atomic E-state index is -0.833. The van der Waals surface area contributed by atoms with Crippen LogP contribution in [0.1, 0.15) is 39.4 Å². The highest BCUT2D eigenvalue weighted by Gasteiger charge is 2.55. The molecule has 6 rings (SSSR count). The molecule has 1 unspecified atom stereocenters. The van der Waals surface area contributed by atoms with Gasteiger partial charge in [-0.25, -0.2) is 9.59 Å². The summed E-state index contributed by atoms with van der Waals surface area (Å²) in [6.07, 6.45) is -1.42. The Kier molecular flexibility index (Phi) is 9.13. The van der Waals surface area contributed by atoms with Crippen LogP contribution in [0.15, 0.2) is 120 Å². The highest BCUT2D eigenvalue weighted by molar-refractivity contribution is 8.00. The van der Waals surface area contributed by atoms with E-state index >= 15 is 0 Å². The molecule has 45 heavy (non-hydrogen) atoms. The van der Waals surface area contributed by atoms with Crippen molar-refractivity contribution >= 4 is 46.9 Å².